The Labute approximate surface area is 278 Å². The molecule has 3 aliphatic rings. The number of nitrogens with one attached hydrogen (secondary N) is 1. The van der Waals surface area contributed by atoms with Gasteiger partial charge in [0.15, 0.2) is 6.23 Å². The second-order valence-electron chi connectivity index (χ2n) is 14.0. The van der Waals surface area contributed by atoms with Crippen molar-refractivity contribution in [2.24, 2.45) is 11.3 Å². The maximum atomic E-state index is 13.3. The van der Waals surface area contributed by atoms with Crippen molar-refractivity contribution >= 4 is 18.0 Å². The van der Waals surface area contributed by atoms with Crippen molar-refractivity contribution in [1.29, 1.82) is 0 Å². The molecule has 12 heteroatoms. The van der Waals surface area contributed by atoms with Crippen molar-refractivity contribution in [1.82, 2.24) is 10.2 Å². The number of ether oxygens (including phenoxy) is 3. The first-order chi connectivity index (χ1) is 22.0. The maximum Gasteiger partial charge on any atom is 0.411 e. The van der Waals surface area contributed by atoms with E-state index in [-0.39, 0.29) is 44.1 Å². The zero-order valence-electron chi connectivity index (χ0n) is 29.0. The summed E-state index contributed by atoms with van der Waals surface area (Å²) in [5.41, 5.74) is -2.79. The van der Waals surface area contributed by atoms with Gasteiger partial charge in [0.1, 0.15) is 0 Å². The summed E-state index contributed by atoms with van der Waals surface area (Å²) >= 11 is 0. The number of epoxide rings is 1. The average Bonchev–Trinajstić information content (AvgIpc) is 3.74. The van der Waals surface area contributed by atoms with Crippen LogP contribution in [0.5, 0.6) is 0 Å². The number of nitrogens with zero attached hydrogens (tertiary/aromatic N) is 1. The molecule has 0 aromatic carbocycles. The predicted molar refractivity (Wildman–Crippen MR) is 175 cm³/mol. The number of aliphatic hydroxyl groups excluding tert-OH is 2. The van der Waals surface area contributed by atoms with Gasteiger partial charge in [-0.15, -0.1) is 0 Å². The fourth-order valence-corrected chi connectivity index (χ4v) is 7.70. The quantitative estimate of drug-likeness (QED) is 0.0992. The number of carbonyl (C=O) groups excluding carboxylic acids is 2. The van der Waals surface area contributed by atoms with Crippen LogP contribution in [0.4, 0.5) is 4.79 Å². The van der Waals surface area contributed by atoms with Crippen molar-refractivity contribution < 1.29 is 49.0 Å². The summed E-state index contributed by atoms with van der Waals surface area (Å²) in [5.74, 6) is -1.17. The summed E-state index contributed by atoms with van der Waals surface area (Å²) in [7, 11) is 0. The first-order valence-electron chi connectivity index (χ1n) is 16.8. The SMILES string of the molecule is CC[C@H](O)[C@@H](C)[C@H]1O[C@@H]1CC(C)(O)/C=C/C=C(\C)[C@@]1([C@@]2(C)CC=CCCOC(=O)C[C@H](O)CC2)[C@H](C)NC[C@H](OC(C)=O)N1C(=O)O. The molecule has 12 nitrogen and oxygen atoms in total. The van der Waals surface area contributed by atoms with Crippen LogP contribution in [0.3, 0.4) is 0 Å². The van der Waals surface area contributed by atoms with E-state index in [0.29, 0.717) is 37.7 Å². The van der Waals surface area contributed by atoms with Crippen LogP contribution in [0.15, 0.2) is 36.0 Å². The number of amides is 1. The van der Waals surface area contributed by atoms with Crippen molar-refractivity contribution in [2.45, 2.75) is 141 Å². The number of allylic oxidation sites excluding steroid dienone is 3. The number of rotatable bonds is 10. The highest BCUT2D eigenvalue weighted by Gasteiger charge is 2.61. The molecule has 0 aromatic heterocycles. The molecule has 5 N–H and O–H groups in total. The Hall–Kier alpha value is -2.77. The molecular formula is C35H56N2O10. The lowest BCUT2D eigenvalue weighted by molar-refractivity contribution is -0.174. The van der Waals surface area contributed by atoms with Gasteiger partial charge in [-0.2, -0.15) is 0 Å². The van der Waals surface area contributed by atoms with E-state index < -0.39 is 59.1 Å². The molecule has 0 aromatic rings. The molecule has 1 amide bonds. The van der Waals surface area contributed by atoms with Crippen LogP contribution in [-0.4, -0.2) is 104 Å². The molecule has 10 atom stereocenters. The molecule has 0 bridgehead atoms. The number of cyclic esters (lactones) is 1. The summed E-state index contributed by atoms with van der Waals surface area (Å²) in [5, 5.41) is 46.5. The summed E-state index contributed by atoms with van der Waals surface area (Å²) in [6.45, 7) is 12.7. The predicted octanol–water partition coefficient (Wildman–Crippen LogP) is 3.83. The standard InChI is InChI=1S/C35H56N2O10/c1-8-27(40)23(3)31-28(47-31)20-34(7,44)16-12-13-22(2)35(24(4)36-21-29(46-25(5)38)37(35)32(42)43)33(6)15-10-9-11-18-45-30(41)19-26(39)14-17-33/h9-10,12-13,16,23-24,26-29,31,36,39-40,44H,8,11,14-15,17-21H2,1-7H3,(H,42,43)/b10-9?,16-12+,22-13+/t23-,24+,26-,27+,28-,29+,31-,33+,34?,35+/m1/s1. The number of hydrogen-bond donors (Lipinski definition) is 5. The van der Waals surface area contributed by atoms with Crippen molar-refractivity contribution in [3.63, 3.8) is 0 Å². The van der Waals surface area contributed by atoms with Crippen molar-refractivity contribution in [2.75, 3.05) is 13.2 Å². The van der Waals surface area contributed by atoms with Crippen molar-refractivity contribution in [3.05, 3.63) is 36.0 Å². The van der Waals surface area contributed by atoms with E-state index in [1.165, 1.54) is 11.8 Å². The molecule has 3 heterocycles. The lowest BCUT2D eigenvalue weighted by Gasteiger charge is -2.61. The third-order valence-electron chi connectivity index (χ3n) is 10.2. The van der Waals surface area contributed by atoms with E-state index in [2.05, 4.69) is 5.32 Å². The van der Waals surface area contributed by atoms with Crippen LogP contribution in [0.1, 0.15) is 93.4 Å². The Kier molecular flexibility index (Phi) is 13.2. The number of piperazine rings is 1. The Morgan fingerprint density at radius 2 is 2.00 bits per heavy atom. The normalized spacial score (nSPS) is 35.2. The molecule has 0 spiro atoms. The largest absolute Gasteiger partial charge is 0.465 e. The van der Waals surface area contributed by atoms with Gasteiger partial charge >= 0.3 is 18.0 Å². The molecule has 2 fully saturated rings. The van der Waals surface area contributed by atoms with Crippen LogP contribution in [-0.2, 0) is 23.8 Å². The molecular weight excluding hydrogens is 608 g/mol. The Balaban J connectivity index is 2.07. The van der Waals surface area contributed by atoms with E-state index >= 15 is 0 Å². The molecule has 0 saturated carbocycles. The van der Waals surface area contributed by atoms with Gasteiger partial charge in [0.25, 0.3) is 0 Å². The monoisotopic (exact) mass is 664 g/mol. The molecule has 0 aliphatic carbocycles. The van der Waals surface area contributed by atoms with Gasteiger partial charge in [0, 0.05) is 30.7 Å². The smallest absolute Gasteiger partial charge is 0.411 e. The second kappa shape index (κ2) is 16.1. The summed E-state index contributed by atoms with van der Waals surface area (Å²) in [4.78, 5) is 38.9. The minimum Gasteiger partial charge on any atom is -0.465 e. The van der Waals surface area contributed by atoms with Gasteiger partial charge in [-0.05, 0) is 58.4 Å². The van der Waals surface area contributed by atoms with Crippen LogP contribution >= 0.6 is 0 Å². The minimum atomic E-state index is -1.31. The van der Waals surface area contributed by atoms with E-state index in [1.807, 2.05) is 46.8 Å². The van der Waals surface area contributed by atoms with Crippen molar-refractivity contribution in [3.8, 4) is 0 Å². The fraction of sp³-hybridized carbons (Fsp3) is 0.743. The molecule has 0 radical (unpaired) electrons. The van der Waals surface area contributed by atoms with Gasteiger partial charge in [0.2, 0.25) is 0 Å². The zero-order valence-corrected chi connectivity index (χ0v) is 29.0. The van der Waals surface area contributed by atoms with E-state index in [9.17, 15) is 34.8 Å². The lowest BCUT2D eigenvalue weighted by atomic mass is 9.57. The number of esters is 2. The van der Waals surface area contributed by atoms with Gasteiger partial charge in [-0.1, -0.05) is 51.2 Å². The average molecular weight is 665 g/mol. The van der Waals surface area contributed by atoms with Crippen LogP contribution in [0.2, 0.25) is 0 Å². The molecule has 3 aliphatic heterocycles. The van der Waals surface area contributed by atoms with Gasteiger partial charge in [-0.25, -0.2) is 4.79 Å². The number of carbonyl (C=O) groups is 3. The Morgan fingerprint density at radius 1 is 1.30 bits per heavy atom. The van der Waals surface area contributed by atoms with Gasteiger partial charge in [-0.3, -0.25) is 14.5 Å². The van der Waals surface area contributed by atoms with Crippen LogP contribution in [0, 0.1) is 11.3 Å². The molecule has 2 saturated heterocycles. The third-order valence-corrected chi connectivity index (χ3v) is 10.2. The molecule has 266 valence electrons. The highest BCUT2D eigenvalue weighted by molar-refractivity contribution is 5.71. The third kappa shape index (κ3) is 9.23. The first kappa shape index (κ1) is 38.7. The second-order valence-corrected chi connectivity index (χ2v) is 14.0. The fourth-order valence-electron chi connectivity index (χ4n) is 7.70. The maximum absolute atomic E-state index is 13.3. The zero-order chi connectivity index (χ0) is 35.2. The van der Waals surface area contributed by atoms with E-state index in [0.717, 1.165) is 0 Å². The lowest BCUT2D eigenvalue weighted by Crippen LogP contribution is -2.77. The Morgan fingerprint density at radius 3 is 2.64 bits per heavy atom. The number of hydrogen-bond acceptors (Lipinski definition) is 10. The van der Waals surface area contributed by atoms with Gasteiger partial charge < -0.3 is 40.0 Å². The summed E-state index contributed by atoms with van der Waals surface area (Å²) < 4.78 is 16.6. The highest BCUT2D eigenvalue weighted by atomic mass is 16.6. The first-order valence-corrected chi connectivity index (χ1v) is 16.8. The minimum absolute atomic E-state index is 0.0517. The molecule has 47 heavy (non-hydrogen) atoms. The number of aliphatic hydroxyl groups is 3. The highest BCUT2D eigenvalue weighted by Crippen LogP contribution is 2.52. The topological polar surface area (TPSA) is 178 Å². The summed E-state index contributed by atoms with van der Waals surface area (Å²) in [6, 6.07) is -0.476. The summed E-state index contributed by atoms with van der Waals surface area (Å²) in [6.07, 6.45) is 6.95. The van der Waals surface area contributed by atoms with Gasteiger partial charge in [0.05, 0.1) is 55.1 Å². The number of carboxylic acid groups (broad SMARTS) is 1. The van der Waals surface area contributed by atoms with Crippen LogP contribution < -0.4 is 5.32 Å². The molecule has 3 rings (SSSR count). The van der Waals surface area contributed by atoms with E-state index in [1.54, 1.807) is 25.2 Å². The van der Waals surface area contributed by atoms with E-state index in [4.69, 9.17) is 14.2 Å². The van der Waals surface area contributed by atoms with Crippen LogP contribution in [0.25, 0.3) is 0 Å². The molecule has 1 unspecified atom stereocenters. The Bertz CT molecular complexity index is 1200.